The smallest absolute Gasteiger partial charge is 0.244 e. The van der Waals surface area contributed by atoms with Crippen molar-refractivity contribution in [2.24, 2.45) is 0 Å². The minimum absolute atomic E-state index is 0.108. The van der Waals surface area contributed by atoms with Crippen molar-refractivity contribution < 1.29 is 8.42 Å². The van der Waals surface area contributed by atoms with Crippen LogP contribution in [0, 0.1) is 0 Å². The van der Waals surface area contributed by atoms with Crippen LogP contribution < -0.4 is 10.0 Å². The van der Waals surface area contributed by atoms with E-state index in [1.807, 2.05) is 6.92 Å². The maximum absolute atomic E-state index is 12.4. The second-order valence-corrected chi connectivity index (χ2v) is 6.76. The van der Waals surface area contributed by atoms with E-state index in [0.29, 0.717) is 29.1 Å². The van der Waals surface area contributed by atoms with Crippen LogP contribution in [-0.4, -0.2) is 41.7 Å². The Labute approximate surface area is 131 Å². The van der Waals surface area contributed by atoms with E-state index in [-0.39, 0.29) is 11.4 Å². The van der Waals surface area contributed by atoms with Crippen LogP contribution in [0.5, 0.6) is 0 Å². The molecule has 0 spiro atoms. The highest BCUT2D eigenvalue weighted by Crippen LogP contribution is 2.22. The number of hydrogen-bond donors (Lipinski definition) is 3. The highest BCUT2D eigenvalue weighted by molar-refractivity contribution is 9.10. The van der Waals surface area contributed by atoms with E-state index in [4.69, 9.17) is 0 Å². The van der Waals surface area contributed by atoms with Crippen molar-refractivity contribution in [1.29, 1.82) is 0 Å². The lowest BCUT2D eigenvalue weighted by atomic mass is 10.4. The highest BCUT2D eigenvalue weighted by Gasteiger charge is 2.19. The highest BCUT2D eigenvalue weighted by atomic mass is 79.9. The first-order chi connectivity index (χ1) is 10.0. The van der Waals surface area contributed by atoms with Gasteiger partial charge in [0.25, 0.3) is 0 Å². The topological polar surface area (TPSA) is 113 Å². The van der Waals surface area contributed by atoms with Gasteiger partial charge in [0.2, 0.25) is 10.0 Å². The number of H-pyrrole nitrogens is 1. The molecule has 0 aliphatic heterocycles. The van der Waals surface area contributed by atoms with Crippen LogP contribution in [0.3, 0.4) is 0 Å². The van der Waals surface area contributed by atoms with Crippen molar-refractivity contribution in [2.75, 3.05) is 18.4 Å². The quantitative estimate of drug-likeness (QED) is 0.663. The summed E-state index contributed by atoms with van der Waals surface area (Å²) in [6.07, 6.45) is 3.36. The fraction of sp³-hybridized carbons (Fsp3) is 0.364. The molecule has 0 amide bonds. The second kappa shape index (κ2) is 6.96. The Morgan fingerprint density at radius 3 is 2.86 bits per heavy atom. The number of nitrogens with zero attached hydrogens (tertiary/aromatic N) is 3. The third-order valence-electron chi connectivity index (χ3n) is 2.57. The van der Waals surface area contributed by atoms with Gasteiger partial charge < -0.3 is 5.32 Å². The molecule has 114 valence electrons. The molecule has 0 aromatic carbocycles. The third kappa shape index (κ3) is 4.22. The molecule has 0 radical (unpaired) electrons. The number of nitrogens with one attached hydrogen (secondary N) is 3. The molecule has 2 aromatic heterocycles. The molecule has 8 nitrogen and oxygen atoms in total. The molecule has 3 N–H and O–H groups in total. The van der Waals surface area contributed by atoms with E-state index >= 15 is 0 Å². The van der Waals surface area contributed by atoms with Gasteiger partial charge in [-0.3, -0.25) is 5.10 Å². The molecule has 0 fully saturated rings. The summed E-state index contributed by atoms with van der Waals surface area (Å²) in [5.41, 5.74) is 0. The maximum Gasteiger partial charge on any atom is 0.244 e. The van der Waals surface area contributed by atoms with E-state index in [1.54, 1.807) is 6.20 Å². The zero-order chi connectivity index (χ0) is 15.3. The first kappa shape index (κ1) is 15.9. The van der Waals surface area contributed by atoms with Gasteiger partial charge in [0.1, 0.15) is 22.9 Å². The molecule has 0 saturated carbocycles. The van der Waals surface area contributed by atoms with Crippen LogP contribution in [0.25, 0.3) is 0 Å². The molecule has 0 aliphatic rings. The van der Waals surface area contributed by atoms with Crippen LogP contribution >= 0.6 is 15.9 Å². The van der Waals surface area contributed by atoms with Crippen molar-refractivity contribution in [1.82, 2.24) is 24.9 Å². The summed E-state index contributed by atoms with van der Waals surface area (Å²) in [7, 11) is -3.66. The average Bonchev–Trinajstić information content (AvgIpc) is 2.94. The Bertz CT molecular complexity index is 689. The van der Waals surface area contributed by atoms with Crippen LogP contribution in [-0.2, 0) is 16.4 Å². The van der Waals surface area contributed by atoms with E-state index in [2.05, 4.69) is 46.1 Å². The molecular weight excluding hydrogens is 360 g/mol. The van der Waals surface area contributed by atoms with Crippen molar-refractivity contribution in [2.45, 2.75) is 18.2 Å². The van der Waals surface area contributed by atoms with E-state index < -0.39 is 10.0 Å². The Morgan fingerprint density at radius 2 is 2.19 bits per heavy atom. The summed E-state index contributed by atoms with van der Waals surface area (Å²) in [6.45, 7) is 2.67. The number of aromatic nitrogens is 4. The van der Waals surface area contributed by atoms with Gasteiger partial charge in [-0.25, -0.2) is 23.1 Å². The molecule has 10 heteroatoms. The average molecular weight is 375 g/mol. The zero-order valence-electron chi connectivity index (χ0n) is 11.3. The first-order valence-corrected chi connectivity index (χ1v) is 8.54. The Hall–Kier alpha value is -1.52. The largest absolute Gasteiger partial charge is 0.369 e. The van der Waals surface area contributed by atoms with Crippen molar-refractivity contribution in [3.05, 3.63) is 28.9 Å². The Morgan fingerprint density at radius 1 is 1.38 bits per heavy atom. The molecule has 0 saturated heterocycles. The van der Waals surface area contributed by atoms with Crippen LogP contribution in [0.1, 0.15) is 12.7 Å². The summed E-state index contributed by atoms with van der Waals surface area (Å²) in [6, 6.07) is 1.52. The third-order valence-corrected chi connectivity index (χ3v) is 4.48. The van der Waals surface area contributed by atoms with Gasteiger partial charge in [0, 0.05) is 30.2 Å². The molecule has 0 aliphatic carbocycles. The lowest BCUT2D eigenvalue weighted by Crippen LogP contribution is -2.27. The van der Waals surface area contributed by atoms with Gasteiger partial charge in [-0.1, -0.05) is 0 Å². The summed E-state index contributed by atoms with van der Waals surface area (Å²) in [4.78, 5) is 8.13. The van der Waals surface area contributed by atoms with Crippen LogP contribution in [0.4, 0.5) is 5.82 Å². The molecule has 2 heterocycles. The van der Waals surface area contributed by atoms with Gasteiger partial charge in [-0.15, -0.1) is 0 Å². The van der Waals surface area contributed by atoms with Crippen LogP contribution in [0.2, 0.25) is 0 Å². The lowest BCUT2D eigenvalue weighted by Gasteiger charge is -2.11. The molecular formula is C11H15BrN6O2S. The molecule has 0 unspecified atom stereocenters. The van der Waals surface area contributed by atoms with Crippen molar-refractivity contribution in [3.63, 3.8) is 0 Å². The monoisotopic (exact) mass is 374 g/mol. The number of pyridine rings is 1. The SMILES string of the molecule is CCNc1ncc(Br)cc1S(=O)(=O)NCCc1ncn[nH]1. The van der Waals surface area contributed by atoms with Gasteiger partial charge in [0.15, 0.2) is 0 Å². The molecule has 21 heavy (non-hydrogen) atoms. The molecule has 0 atom stereocenters. The Balaban J connectivity index is 2.12. The number of anilines is 1. The van der Waals surface area contributed by atoms with E-state index in [0.717, 1.165) is 0 Å². The zero-order valence-corrected chi connectivity index (χ0v) is 13.7. The normalized spacial score (nSPS) is 11.5. The van der Waals surface area contributed by atoms with Crippen molar-refractivity contribution >= 4 is 31.8 Å². The Kier molecular flexibility index (Phi) is 5.26. The van der Waals surface area contributed by atoms with E-state index in [9.17, 15) is 8.42 Å². The molecule has 2 aromatic rings. The fourth-order valence-corrected chi connectivity index (χ4v) is 3.33. The first-order valence-electron chi connectivity index (χ1n) is 6.26. The van der Waals surface area contributed by atoms with Crippen LogP contribution in [0.15, 0.2) is 28.0 Å². The van der Waals surface area contributed by atoms with Gasteiger partial charge in [-0.05, 0) is 28.9 Å². The van der Waals surface area contributed by atoms with Gasteiger partial charge in [0.05, 0.1) is 0 Å². The summed E-state index contributed by atoms with van der Waals surface area (Å²) < 4.78 is 27.8. The maximum atomic E-state index is 12.4. The number of aromatic amines is 1. The van der Waals surface area contributed by atoms with Crippen molar-refractivity contribution in [3.8, 4) is 0 Å². The van der Waals surface area contributed by atoms with E-state index in [1.165, 1.54) is 12.4 Å². The summed E-state index contributed by atoms with van der Waals surface area (Å²) >= 11 is 3.23. The minimum Gasteiger partial charge on any atom is -0.369 e. The number of sulfonamides is 1. The standard InChI is InChI=1S/C11H15BrN6O2S/c1-2-13-11-9(5-8(12)6-14-11)21(19,20)17-4-3-10-15-7-16-18-10/h5-7,17H,2-4H2,1H3,(H,13,14)(H,15,16,18). The fourth-order valence-electron chi connectivity index (χ4n) is 1.66. The second-order valence-electron chi connectivity index (χ2n) is 4.11. The molecule has 2 rings (SSSR count). The number of rotatable bonds is 7. The number of halogens is 1. The van der Waals surface area contributed by atoms with Gasteiger partial charge in [-0.2, -0.15) is 5.10 Å². The summed E-state index contributed by atoms with van der Waals surface area (Å²) in [5.74, 6) is 0.949. The summed E-state index contributed by atoms with van der Waals surface area (Å²) in [5, 5.41) is 9.32. The van der Waals surface area contributed by atoms with Gasteiger partial charge >= 0.3 is 0 Å². The number of hydrogen-bond acceptors (Lipinski definition) is 6. The minimum atomic E-state index is -3.66. The predicted octanol–water partition coefficient (Wildman–Crippen LogP) is 0.915. The predicted molar refractivity (Wildman–Crippen MR) is 81.4 cm³/mol. The lowest BCUT2D eigenvalue weighted by molar-refractivity contribution is 0.580. The molecule has 0 bridgehead atoms.